The molecule has 0 radical (unpaired) electrons. The lowest BCUT2D eigenvalue weighted by Gasteiger charge is -2.52. The zero-order chi connectivity index (χ0) is 16.7. The molecule has 0 aliphatic carbocycles. The summed E-state index contributed by atoms with van der Waals surface area (Å²) >= 11 is 0. The predicted octanol–water partition coefficient (Wildman–Crippen LogP) is 4.28. The van der Waals surface area contributed by atoms with Gasteiger partial charge in [-0.3, -0.25) is 0 Å². The van der Waals surface area contributed by atoms with Crippen molar-refractivity contribution in [1.29, 1.82) is 0 Å². The van der Waals surface area contributed by atoms with Crippen molar-refractivity contribution in [2.45, 2.75) is 65.5 Å². The number of fused-ring (bicyclic) bond motifs is 1. The average molecular weight is 303 g/mol. The molecule has 22 heavy (non-hydrogen) atoms. The van der Waals surface area contributed by atoms with E-state index in [1.165, 1.54) is 23.9 Å². The van der Waals surface area contributed by atoms with Crippen LogP contribution in [0.5, 0.6) is 0 Å². The Labute approximate surface area is 134 Å². The number of carbonyl (C=O) groups excluding carboxylic acids is 1. The van der Waals surface area contributed by atoms with E-state index in [0.29, 0.717) is 5.92 Å². The number of aryl methyl sites for hydroxylation is 1. The Kier molecular flexibility index (Phi) is 4.55. The number of carbonyl (C=O) groups is 1. The van der Waals surface area contributed by atoms with Crippen LogP contribution < -0.4 is 4.90 Å². The normalized spacial score (nSPS) is 21.5. The second kappa shape index (κ2) is 5.94. The minimum atomic E-state index is -0.257. The van der Waals surface area contributed by atoms with Gasteiger partial charge in [0.1, 0.15) is 6.04 Å². The molecule has 122 valence electrons. The maximum atomic E-state index is 12.5. The monoisotopic (exact) mass is 303 g/mol. The van der Waals surface area contributed by atoms with Gasteiger partial charge in [-0.15, -0.1) is 0 Å². The molecule has 0 spiro atoms. The van der Waals surface area contributed by atoms with Crippen LogP contribution in [0.3, 0.4) is 0 Å². The third kappa shape index (κ3) is 2.73. The number of hydrogen-bond donors (Lipinski definition) is 0. The molecule has 1 aromatic carbocycles. The number of methoxy groups -OCH3 is 1. The maximum Gasteiger partial charge on any atom is 0.328 e. The van der Waals surface area contributed by atoms with Crippen molar-refractivity contribution in [2.75, 3.05) is 12.0 Å². The molecule has 3 heteroatoms. The fourth-order valence-electron chi connectivity index (χ4n) is 3.98. The standard InChI is InChI=1S/C19H29NO2/c1-12(2)16(18(21)22-7)20-17-13(3)9-8-10-15(17)14(4)11-19(20,5)6/h8-10,12,14,16H,11H2,1-7H3/t14-,16-/m1/s1. The first kappa shape index (κ1) is 16.9. The largest absolute Gasteiger partial charge is 0.467 e. The fraction of sp³-hybridized carbons (Fsp3) is 0.632. The van der Waals surface area contributed by atoms with Crippen molar-refractivity contribution in [1.82, 2.24) is 0 Å². The highest BCUT2D eigenvalue weighted by Crippen LogP contribution is 2.46. The van der Waals surface area contributed by atoms with Crippen molar-refractivity contribution in [3.63, 3.8) is 0 Å². The Hall–Kier alpha value is -1.51. The quantitative estimate of drug-likeness (QED) is 0.780. The Bertz CT molecular complexity index is 563. The van der Waals surface area contributed by atoms with Crippen molar-refractivity contribution in [3.8, 4) is 0 Å². The van der Waals surface area contributed by atoms with Gasteiger partial charge in [0.15, 0.2) is 0 Å². The molecular formula is C19H29NO2. The Morgan fingerprint density at radius 1 is 1.36 bits per heavy atom. The molecule has 1 aromatic rings. The highest BCUT2D eigenvalue weighted by Gasteiger charge is 2.44. The van der Waals surface area contributed by atoms with Gasteiger partial charge in [0.2, 0.25) is 0 Å². The summed E-state index contributed by atoms with van der Waals surface area (Å²) in [7, 11) is 1.48. The van der Waals surface area contributed by atoms with Crippen LogP contribution in [0.2, 0.25) is 0 Å². The smallest absolute Gasteiger partial charge is 0.328 e. The number of rotatable bonds is 3. The number of nitrogens with zero attached hydrogens (tertiary/aromatic N) is 1. The minimum Gasteiger partial charge on any atom is -0.467 e. The van der Waals surface area contributed by atoms with Crippen molar-refractivity contribution in [3.05, 3.63) is 29.3 Å². The summed E-state index contributed by atoms with van der Waals surface area (Å²) in [6, 6.07) is 6.19. The van der Waals surface area contributed by atoms with E-state index in [9.17, 15) is 4.79 Å². The van der Waals surface area contributed by atoms with Crippen LogP contribution in [0.15, 0.2) is 18.2 Å². The minimum absolute atomic E-state index is 0.0817. The van der Waals surface area contributed by atoms with Crippen molar-refractivity contribution >= 4 is 11.7 Å². The molecule has 2 atom stereocenters. The Morgan fingerprint density at radius 2 is 2.00 bits per heavy atom. The SMILES string of the molecule is COC(=O)[C@@H](C(C)C)N1c2c(C)cccc2[C@H](C)CC1(C)C. The van der Waals surface area contributed by atoms with E-state index in [2.05, 4.69) is 64.6 Å². The van der Waals surface area contributed by atoms with Crippen LogP contribution in [0.25, 0.3) is 0 Å². The molecule has 1 aliphatic rings. The van der Waals surface area contributed by atoms with Gasteiger partial charge in [0, 0.05) is 11.2 Å². The summed E-state index contributed by atoms with van der Waals surface area (Å²) in [6.07, 6.45) is 1.03. The fourth-order valence-corrected chi connectivity index (χ4v) is 3.98. The highest BCUT2D eigenvalue weighted by atomic mass is 16.5. The molecule has 0 unspecified atom stereocenters. The van der Waals surface area contributed by atoms with Crippen molar-refractivity contribution in [2.24, 2.45) is 5.92 Å². The van der Waals surface area contributed by atoms with Crippen LogP contribution in [0.4, 0.5) is 5.69 Å². The van der Waals surface area contributed by atoms with Gasteiger partial charge in [-0.25, -0.2) is 4.79 Å². The van der Waals surface area contributed by atoms with Gasteiger partial charge in [0.25, 0.3) is 0 Å². The Morgan fingerprint density at radius 3 is 2.55 bits per heavy atom. The molecule has 0 fully saturated rings. The van der Waals surface area contributed by atoms with Crippen molar-refractivity contribution < 1.29 is 9.53 Å². The summed E-state index contributed by atoms with van der Waals surface area (Å²) in [4.78, 5) is 14.8. The maximum absolute atomic E-state index is 12.5. The summed E-state index contributed by atoms with van der Waals surface area (Å²) in [5.74, 6) is 0.533. The van der Waals surface area contributed by atoms with Gasteiger partial charge in [-0.2, -0.15) is 0 Å². The predicted molar refractivity (Wildman–Crippen MR) is 91.4 cm³/mol. The summed E-state index contributed by atoms with van der Waals surface area (Å²) in [6.45, 7) is 13.1. The second-order valence-electron chi connectivity index (χ2n) is 7.51. The number of esters is 1. The van der Waals surface area contributed by atoms with E-state index in [1.54, 1.807) is 0 Å². The molecule has 0 aromatic heterocycles. The third-order valence-electron chi connectivity index (χ3n) is 4.85. The second-order valence-corrected chi connectivity index (χ2v) is 7.51. The zero-order valence-electron chi connectivity index (χ0n) is 14.9. The first-order chi connectivity index (χ1) is 10.2. The van der Waals surface area contributed by atoms with Gasteiger partial charge in [-0.1, -0.05) is 39.0 Å². The van der Waals surface area contributed by atoms with Gasteiger partial charge < -0.3 is 9.64 Å². The lowest BCUT2D eigenvalue weighted by atomic mass is 9.77. The molecule has 0 bridgehead atoms. The lowest BCUT2D eigenvalue weighted by molar-refractivity contribution is -0.143. The van der Waals surface area contributed by atoms with E-state index < -0.39 is 0 Å². The topological polar surface area (TPSA) is 29.5 Å². The van der Waals surface area contributed by atoms with Gasteiger partial charge in [0.05, 0.1) is 7.11 Å². The Balaban J connectivity index is 2.66. The summed E-state index contributed by atoms with van der Waals surface area (Å²) in [5.41, 5.74) is 3.71. The molecule has 1 aliphatic heterocycles. The van der Waals surface area contributed by atoms with Crippen LogP contribution in [0.1, 0.15) is 58.1 Å². The van der Waals surface area contributed by atoms with Crippen LogP contribution >= 0.6 is 0 Å². The first-order valence-corrected chi connectivity index (χ1v) is 8.17. The first-order valence-electron chi connectivity index (χ1n) is 8.17. The number of hydrogen-bond acceptors (Lipinski definition) is 3. The molecule has 3 nitrogen and oxygen atoms in total. The van der Waals surface area contributed by atoms with E-state index in [0.717, 1.165) is 6.42 Å². The van der Waals surface area contributed by atoms with E-state index in [1.807, 2.05) is 0 Å². The van der Waals surface area contributed by atoms with Crippen LogP contribution in [-0.4, -0.2) is 24.7 Å². The number of benzene rings is 1. The number of ether oxygens (including phenoxy) is 1. The van der Waals surface area contributed by atoms with Gasteiger partial charge in [-0.05, 0) is 50.2 Å². The zero-order valence-corrected chi connectivity index (χ0v) is 14.9. The number of anilines is 1. The van der Waals surface area contributed by atoms with Crippen LogP contribution in [-0.2, 0) is 9.53 Å². The molecule has 2 rings (SSSR count). The molecule has 1 heterocycles. The van der Waals surface area contributed by atoms with Gasteiger partial charge >= 0.3 is 5.97 Å². The molecular weight excluding hydrogens is 274 g/mol. The van der Waals surface area contributed by atoms with E-state index in [-0.39, 0.29) is 23.5 Å². The molecule has 0 N–H and O–H groups in total. The van der Waals surface area contributed by atoms with Crippen LogP contribution in [0, 0.1) is 12.8 Å². The molecule has 0 saturated heterocycles. The third-order valence-corrected chi connectivity index (χ3v) is 4.85. The number of para-hydroxylation sites is 1. The summed E-state index contributed by atoms with van der Waals surface area (Å²) in [5, 5.41) is 0. The molecule has 0 saturated carbocycles. The van der Waals surface area contributed by atoms with E-state index in [4.69, 9.17) is 4.74 Å². The average Bonchev–Trinajstić information content (AvgIpc) is 2.42. The summed E-state index contributed by atoms with van der Waals surface area (Å²) < 4.78 is 5.12. The lowest BCUT2D eigenvalue weighted by Crippen LogP contribution is -2.58. The van der Waals surface area contributed by atoms with E-state index >= 15 is 0 Å². The molecule has 0 amide bonds. The highest BCUT2D eigenvalue weighted by molar-refractivity contribution is 5.82.